The summed E-state index contributed by atoms with van der Waals surface area (Å²) in [5.74, 6) is 1.03. The van der Waals surface area contributed by atoms with Gasteiger partial charge in [-0.15, -0.1) is 0 Å². The zero-order valence-electron chi connectivity index (χ0n) is 12.5. The number of aryl methyl sites for hydroxylation is 1. The second-order valence-corrected chi connectivity index (χ2v) is 6.15. The Balaban J connectivity index is 2.19. The predicted molar refractivity (Wildman–Crippen MR) is 87.1 cm³/mol. The van der Waals surface area contributed by atoms with E-state index in [0.717, 1.165) is 12.2 Å². The molecule has 1 N–H and O–H groups in total. The van der Waals surface area contributed by atoms with Crippen molar-refractivity contribution in [3.05, 3.63) is 41.6 Å². The van der Waals surface area contributed by atoms with E-state index >= 15 is 0 Å². The van der Waals surface area contributed by atoms with Crippen molar-refractivity contribution in [3.8, 4) is 0 Å². The molecule has 2 heteroatoms. The maximum atomic E-state index is 4.91. The van der Waals surface area contributed by atoms with Crippen LogP contribution in [0.1, 0.15) is 44.9 Å². The molecular weight excluding hydrogens is 244 g/mol. The van der Waals surface area contributed by atoms with Gasteiger partial charge in [0.15, 0.2) is 0 Å². The van der Waals surface area contributed by atoms with Crippen molar-refractivity contribution in [2.45, 2.75) is 45.6 Å². The number of hydrogen-bond donors (Lipinski definition) is 1. The smallest absolute Gasteiger partial charge is 0.134 e. The minimum absolute atomic E-state index is 0.0233. The molecule has 0 bridgehead atoms. The summed E-state index contributed by atoms with van der Waals surface area (Å²) in [5.41, 5.74) is 2.42. The molecule has 0 aliphatic carbocycles. The molecule has 0 fully saturated rings. The van der Waals surface area contributed by atoms with Gasteiger partial charge in [-0.05, 0) is 32.1 Å². The minimum Gasteiger partial charge on any atom is -0.361 e. The normalized spacial score (nSPS) is 15.9. The topological polar surface area (TPSA) is 24.9 Å². The molecule has 0 unspecified atom stereocenters. The molecule has 104 valence electrons. The third kappa shape index (κ3) is 2.31. The molecule has 0 amide bonds. The van der Waals surface area contributed by atoms with Crippen LogP contribution in [0.25, 0.3) is 16.8 Å². The SMILES string of the molecule is CCCCc1nc2c(c3ccccc13)C=CC(C)(C)N2. The lowest BCUT2D eigenvalue weighted by atomic mass is 9.94. The van der Waals surface area contributed by atoms with E-state index in [1.807, 2.05) is 0 Å². The number of benzene rings is 1. The Morgan fingerprint density at radius 3 is 2.65 bits per heavy atom. The molecule has 2 aromatic rings. The van der Waals surface area contributed by atoms with Crippen LogP contribution < -0.4 is 5.32 Å². The van der Waals surface area contributed by atoms with E-state index in [1.54, 1.807) is 0 Å². The second-order valence-electron chi connectivity index (χ2n) is 6.15. The fourth-order valence-electron chi connectivity index (χ4n) is 2.79. The quantitative estimate of drug-likeness (QED) is 0.863. The van der Waals surface area contributed by atoms with E-state index in [9.17, 15) is 0 Å². The van der Waals surface area contributed by atoms with Crippen LogP contribution in [-0.2, 0) is 6.42 Å². The van der Waals surface area contributed by atoms with Crippen LogP contribution in [0.2, 0.25) is 0 Å². The van der Waals surface area contributed by atoms with Crippen molar-refractivity contribution in [1.82, 2.24) is 4.98 Å². The van der Waals surface area contributed by atoms with E-state index in [2.05, 4.69) is 62.5 Å². The van der Waals surface area contributed by atoms with Crippen molar-refractivity contribution in [2.75, 3.05) is 5.32 Å². The van der Waals surface area contributed by atoms with E-state index in [1.165, 1.54) is 34.9 Å². The van der Waals surface area contributed by atoms with Crippen LogP contribution in [0, 0.1) is 0 Å². The first-order chi connectivity index (χ1) is 9.61. The summed E-state index contributed by atoms with van der Waals surface area (Å²) in [6.07, 6.45) is 7.87. The maximum absolute atomic E-state index is 4.91. The molecule has 2 nitrogen and oxygen atoms in total. The molecule has 3 rings (SSSR count). The zero-order chi connectivity index (χ0) is 14.2. The number of pyridine rings is 1. The van der Waals surface area contributed by atoms with Gasteiger partial charge in [-0.3, -0.25) is 0 Å². The van der Waals surface area contributed by atoms with Gasteiger partial charge in [0.25, 0.3) is 0 Å². The first kappa shape index (κ1) is 13.2. The predicted octanol–water partition coefficient (Wildman–Crippen LogP) is 4.79. The second kappa shape index (κ2) is 4.93. The Kier molecular flexibility index (Phi) is 3.25. The Morgan fingerprint density at radius 1 is 1.15 bits per heavy atom. The highest BCUT2D eigenvalue weighted by Crippen LogP contribution is 2.34. The van der Waals surface area contributed by atoms with E-state index in [0.29, 0.717) is 0 Å². The summed E-state index contributed by atoms with van der Waals surface area (Å²) in [4.78, 5) is 4.91. The zero-order valence-corrected chi connectivity index (χ0v) is 12.5. The van der Waals surface area contributed by atoms with Crippen molar-refractivity contribution in [2.24, 2.45) is 0 Å². The van der Waals surface area contributed by atoms with E-state index in [-0.39, 0.29) is 5.54 Å². The molecule has 0 radical (unpaired) electrons. The minimum atomic E-state index is -0.0233. The summed E-state index contributed by atoms with van der Waals surface area (Å²) in [7, 11) is 0. The van der Waals surface area contributed by atoms with E-state index in [4.69, 9.17) is 4.98 Å². The number of unbranched alkanes of at least 4 members (excludes halogenated alkanes) is 1. The Morgan fingerprint density at radius 2 is 1.90 bits per heavy atom. The number of nitrogens with zero attached hydrogens (tertiary/aromatic N) is 1. The van der Waals surface area contributed by atoms with Gasteiger partial charge >= 0.3 is 0 Å². The molecule has 0 saturated carbocycles. The third-order valence-corrected chi connectivity index (χ3v) is 3.90. The monoisotopic (exact) mass is 266 g/mol. The van der Waals surface area contributed by atoms with Gasteiger partial charge in [0.2, 0.25) is 0 Å². The highest BCUT2D eigenvalue weighted by Gasteiger charge is 2.22. The fraction of sp³-hybridized carbons (Fsp3) is 0.389. The van der Waals surface area contributed by atoms with Crippen LogP contribution in [0.3, 0.4) is 0 Å². The molecule has 1 aliphatic rings. The van der Waals surface area contributed by atoms with Gasteiger partial charge in [-0.1, -0.05) is 49.8 Å². The molecule has 2 heterocycles. The molecule has 20 heavy (non-hydrogen) atoms. The van der Waals surface area contributed by atoms with Crippen LogP contribution in [-0.4, -0.2) is 10.5 Å². The van der Waals surface area contributed by atoms with Crippen molar-refractivity contribution in [1.29, 1.82) is 0 Å². The standard InChI is InChI=1S/C18H22N2/c1-4-5-10-16-14-9-7-6-8-13(14)15-11-12-18(2,3)20-17(15)19-16/h6-9,11-12H,4-5,10H2,1-3H3,(H,19,20). The molecule has 1 aromatic carbocycles. The number of nitrogens with one attached hydrogen (secondary N) is 1. The summed E-state index contributed by atoms with van der Waals surface area (Å²) in [6.45, 7) is 6.58. The van der Waals surface area contributed by atoms with Crippen molar-refractivity contribution >= 4 is 22.7 Å². The Bertz CT molecular complexity index is 668. The maximum Gasteiger partial charge on any atom is 0.134 e. The van der Waals surface area contributed by atoms with Crippen LogP contribution in [0.4, 0.5) is 5.82 Å². The Hall–Kier alpha value is -1.83. The first-order valence-electron chi connectivity index (χ1n) is 7.50. The van der Waals surface area contributed by atoms with Gasteiger partial charge in [-0.25, -0.2) is 4.98 Å². The molecule has 0 saturated heterocycles. The molecule has 1 aliphatic heterocycles. The summed E-state index contributed by atoms with van der Waals surface area (Å²) in [5, 5.41) is 6.15. The fourth-order valence-corrected chi connectivity index (χ4v) is 2.79. The summed E-state index contributed by atoms with van der Waals surface area (Å²) in [6, 6.07) is 8.62. The molecular formula is C18H22N2. The van der Waals surface area contributed by atoms with Crippen LogP contribution in [0.15, 0.2) is 30.3 Å². The van der Waals surface area contributed by atoms with E-state index < -0.39 is 0 Å². The summed E-state index contributed by atoms with van der Waals surface area (Å²) < 4.78 is 0. The average molecular weight is 266 g/mol. The molecule has 0 atom stereocenters. The summed E-state index contributed by atoms with van der Waals surface area (Å²) >= 11 is 0. The van der Waals surface area contributed by atoms with Gasteiger partial charge < -0.3 is 5.32 Å². The van der Waals surface area contributed by atoms with Gasteiger partial charge in [-0.2, -0.15) is 0 Å². The largest absolute Gasteiger partial charge is 0.361 e. The number of anilines is 1. The highest BCUT2D eigenvalue weighted by molar-refractivity contribution is 5.97. The number of aromatic nitrogens is 1. The lowest BCUT2D eigenvalue weighted by Gasteiger charge is -2.29. The number of rotatable bonds is 3. The number of hydrogen-bond acceptors (Lipinski definition) is 2. The number of fused-ring (bicyclic) bond motifs is 3. The third-order valence-electron chi connectivity index (χ3n) is 3.90. The first-order valence-corrected chi connectivity index (χ1v) is 7.50. The lowest BCUT2D eigenvalue weighted by molar-refractivity contribution is 0.702. The van der Waals surface area contributed by atoms with Crippen molar-refractivity contribution < 1.29 is 0 Å². The lowest BCUT2D eigenvalue weighted by Crippen LogP contribution is -2.31. The van der Waals surface area contributed by atoms with Crippen molar-refractivity contribution in [3.63, 3.8) is 0 Å². The van der Waals surface area contributed by atoms with Gasteiger partial charge in [0, 0.05) is 10.9 Å². The molecule has 0 spiro atoms. The average Bonchev–Trinajstić information content (AvgIpc) is 2.43. The van der Waals surface area contributed by atoms with Crippen LogP contribution >= 0.6 is 0 Å². The van der Waals surface area contributed by atoms with Crippen LogP contribution in [0.5, 0.6) is 0 Å². The van der Waals surface area contributed by atoms with Gasteiger partial charge in [0.1, 0.15) is 5.82 Å². The highest BCUT2D eigenvalue weighted by atomic mass is 15.1. The molecule has 1 aromatic heterocycles. The Labute approximate surface area is 120 Å². The van der Waals surface area contributed by atoms with Gasteiger partial charge in [0.05, 0.1) is 11.2 Å².